The fourth-order valence-electron chi connectivity index (χ4n) is 0.671. The summed E-state index contributed by atoms with van der Waals surface area (Å²) in [6.45, 7) is 10.1. The van der Waals surface area contributed by atoms with Gasteiger partial charge in [0.2, 0.25) is 0 Å². The first-order valence-electron chi connectivity index (χ1n) is 6.01. The van der Waals surface area contributed by atoms with Crippen molar-refractivity contribution < 1.29 is 57.5 Å². The van der Waals surface area contributed by atoms with Gasteiger partial charge in [0.1, 0.15) is 0 Å². The minimum atomic E-state index is -2.67. The molecule has 0 unspecified atom stereocenters. The Labute approximate surface area is 133 Å². The van der Waals surface area contributed by atoms with Crippen LogP contribution in [-0.4, -0.2) is 94.3 Å². The lowest BCUT2D eigenvalue weighted by Gasteiger charge is -2.13. The molecule has 8 N–H and O–H groups in total. The van der Waals surface area contributed by atoms with E-state index in [0.29, 0.717) is 0 Å². The van der Waals surface area contributed by atoms with Gasteiger partial charge in [0.05, 0.1) is 0 Å². The molecule has 0 aliphatic rings. The van der Waals surface area contributed by atoms with Crippen LogP contribution in [0.2, 0.25) is 0 Å². The Kier molecular flexibility index (Phi) is 43.8. The number of hydrogen-bond donors (Lipinski definition) is 8. The molecule has 0 saturated heterocycles. The molecule has 0 saturated carbocycles. The molecule has 0 aromatic rings. The van der Waals surface area contributed by atoms with Crippen LogP contribution in [0.25, 0.3) is 0 Å². The van der Waals surface area contributed by atoms with E-state index in [1.54, 1.807) is 0 Å². The molecular weight excluding hydrogens is 333 g/mol. The lowest BCUT2D eigenvalue weighted by Crippen LogP contribution is -2.21. The van der Waals surface area contributed by atoms with Gasteiger partial charge in [-0.05, 0) is 19.6 Å². The molecule has 0 aromatic heterocycles. The molecule has 0 aromatic carbocycles. The molecular formula is C6H23B4F4NO8. The fraction of sp³-hybridized carbons (Fsp3) is 1.00. The van der Waals surface area contributed by atoms with Crippen LogP contribution in [0.3, 0.4) is 0 Å². The van der Waals surface area contributed by atoms with Crippen LogP contribution in [0.4, 0.5) is 17.3 Å². The Bertz CT molecular complexity index is 146. The molecule has 0 atom stereocenters. The highest BCUT2D eigenvalue weighted by atomic mass is 19.1. The third-order valence-electron chi connectivity index (χ3n) is 1.34. The Morgan fingerprint density at radius 1 is 0.522 bits per heavy atom. The summed E-state index contributed by atoms with van der Waals surface area (Å²) in [5, 5.41) is 55.6. The van der Waals surface area contributed by atoms with Crippen molar-refractivity contribution in [2.45, 2.75) is 20.8 Å². The van der Waals surface area contributed by atoms with Crippen LogP contribution in [0.5, 0.6) is 0 Å². The number of halogens is 4. The van der Waals surface area contributed by atoms with E-state index in [9.17, 15) is 17.3 Å². The van der Waals surface area contributed by atoms with E-state index in [1.165, 1.54) is 19.6 Å². The van der Waals surface area contributed by atoms with Gasteiger partial charge >= 0.3 is 29.6 Å². The second kappa shape index (κ2) is 29.6. The summed E-state index contributed by atoms with van der Waals surface area (Å²) in [6.07, 6.45) is 0. The predicted octanol–water partition coefficient (Wildman–Crippen LogP) is -2.95. The average molecular weight is 356 g/mol. The summed E-state index contributed by atoms with van der Waals surface area (Å²) in [5.41, 5.74) is 0. The molecule has 0 amide bonds. The zero-order chi connectivity index (χ0) is 20.0. The monoisotopic (exact) mass is 357 g/mol. The molecule has 0 aliphatic heterocycles. The SMILES string of the molecule is CCN(CC)CC.OB(O)F.OB(O)F.OB(O)F.OB(O)F. The average Bonchev–Trinajstić information content (AvgIpc) is 2.28. The van der Waals surface area contributed by atoms with E-state index in [-0.39, 0.29) is 0 Å². The van der Waals surface area contributed by atoms with Crippen LogP contribution in [0.1, 0.15) is 20.8 Å². The zero-order valence-electron chi connectivity index (χ0n) is 13.0. The molecule has 0 spiro atoms. The number of hydrogen-bond acceptors (Lipinski definition) is 9. The first-order valence-corrected chi connectivity index (χ1v) is 6.01. The standard InChI is InChI=1S/C6H15N.4BFH2O2/c1-4-7(5-2)6-3;4*2-1(3)4/h4-6H2,1-3H3;4*3-4H. The van der Waals surface area contributed by atoms with Crippen molar-refractivity contribution in [1.82, 2.24) is 4.90 Å². The molecule has 0 fully saturated rings. The minimum absolute atomic E-state index is 1.19. The fourth-order valence-corrected chi connectivity index (χ4v) is 0.671. The summed E-state index contributed by atoms with van der Waals surface area (Å²) in [6, 6.07) is 0. The van der Waals surface area contributed by atoms with Gasteiger partial charge in [0.15, 0.2) is 0 Å². The quantitative estimate of drug-likeness (QED) is 0.195. The maximum atomic E-state index is 10.1. The third-order valence-corrected chi connectivity index (χ3v) is 1.34. The van der Waals surface area contributed by atoms with E-state index < -0.39 is 29.6 Å². The minimum Gasteiger partial charge on any atom is -0.398 e. The summed E-state index contributed by atoms with van der Waals surface area (Å²) in [7, 11) is -10.7. The van der Waals surface area contributed by atoms with Gasteiger partial charge in [0.25, 0.3) is 0 Å². The smallest absolute Gasteiger partial charge is 0.398 e. The largest absolute Gasteiger partial charge is 0.674 e. The third kappa shape index (κ3) is 264. The normalized spacial score (nSPS) is 7.83. The van der Waals surface area contributed by atoms with Gasteiger partial charge in [-0.3, -0.25) is 17.3 Å². The Morgan fingerprint density at radius 3 is 0.609 bits per heavy atom. The van der Waals surface area contributed by atoms with Gasteiger partial charge < -0.3 is 45.1 Å². The van der Waals surface area contributed by atoms with Crippen molar-refractivity contribution in [3.63, 3.8) is 0 Å². The highest BCUT2D eigenvalue weighted by molar-refractivity contribution is 6.32. The zero-order valence-corrected chi connectivity index (χ0v) is 13.0. The highest BCUT2D eigenvalue weighted by Gasteiger charge is 1.98. The molecule has 0 radical (unpaired) electrons. The van der Waals surface area contributed by atoms with Crippen molar-refractivity contribution in [1.29, 1.82) is 0 Å². The first kappa shape index (κ1) is 34.1. The second-order valence-electron chi connectivity index (χ2n) is 2.86. The van der Waals surface area contributed by atoms with Gasteiger partial charge in [-0.25, -0.2) is 0 Å². The molecule has 23 heavy (non-hydrogen) atoms. The van der Waals surface area contributed by atoms with E-state index in [1.807, 2.05) is 0 Å². The van der Waals surface area contributed by atoms with Crippen molar-refractivity contribution in [3.8, 4) is 0 Å². The summed E-state index contributed by atoms with van der Waals surface area (Å²) >= 11 is 0. The molecule has 0 heterocycles. The van der Waals surface area contributed by atoms with E-state index in [2.05, 4.69) is 25.7 Å². The van der Waals surface area contributed by atoms with Crippen molar-refractivity contribution in [3.05, 3.63) is 0 Å². The maximum absolute atomic E-state index is 10.1. The summed E-state index contributed by atoms with van der Waals surface area (Å²) < 4.78 is 40.4. The first-order chi connectivity index (χ1) is 10.3. The van der Waals surface area contributed by atoms with Crippen LogP contribution in [0, 0.1) is 0 Å². The molecule has 17 heteroatoms. The van der Waals surface area contributed by atoms with Crippen molar-refractivity contribution in [2.24, 2.45) is 0 Å². The van der Waals surface area contributed by atoms with Crippen LogP contribution in [-0.2, 0) is 0 Å². The van der Waals surface area contributed by atoms with Gasteiger partial charge in [-0.15, -0.1) is 0 Å². The Hall–Kier alpha value is -0.380. The van der Waals surface area contributed by atoms with Crippen LogP contribution < -0.4 is 0 Å². The maximum Gasteiger partial charge on any atom is 0.674 e. The van der Waals surface area contributed by atoms with Gasteiger partial charge in [-0.2, -0.15) is 0 Å². The van der Waals surface area contributed by atoms with E-state index >= 15 is 0 Å². The molecule has 140 valence electrons. The molecule has 0 bridgehead atoms. The van der Waals surface area contributed by atoms with Crippen LogP contribution in [0.15, 0.2) is 0 Å². The number of nitrogens with zero attached hydrogens (tertiary/aromatic N) is 1. The predicted molar refractivity (Wildman–Crippen MR) is 78.7 cm³/mol. The summed E-state index contributed by atoms with van der Waals surface area (Å²) in [4.78, 5) is 2.38. The Morgan fingerprint density at radius 2 is 0.609 bits per heavy atom. The van der Waals surface area contributed by atoms with Crippen molar-refractivity contribution in [2.75, 3.05) is 19.6 Å². The van der Waals surface area contributed by atoms with Crippen LogP contribution >= 0.6 is 0 Å². The van der Waals surface area contributed by atoms with E-state index in [4.69, 9.17) is 40.2 Å². The van der Waals surface area contributed by atoms with Gasteiger partial charge in [0, 0.05) is 0 Å². The molecule has 0 rings (SSSR count). The highest BCUT2D eigenvalue weighted by Crippen LogP contribution is 1.81. The van der Waals surface area contributed by atoms with Gasteiger partial charge in [-0.1, -0.05) is 20.8 Å². The Balaban J connectivity index is -0.0000000604. The number of rotatable bonds is 3. The summed E-state index contributed by atoms with van der Waals surface area (Å²) in [5.74, 6) is 0. The molecule has 0 aliphatic carbocycles. The molecule has 9 nitrogen and oxygen atoms in total. The lowest BCUT2D eigenvalue weighted by molar-refractivity contribution is 0.321. The van der Waals surface area contributed by atoms with Crippen molar-refractivity contribution >= 4 is 29.6 Å². The second-order valence-corrected chi connectivity index (χ2v) is 2.86. The lowest BCUT2D eigenvalue weighted by atomic mass is 10.3. The topological polar surface area (TPSA) is 165 Å². The van der Waals surface area contributed by atoms with E-state index in [0.717, 1.165) is 0 Å².